The molecule has 1 saturated heterocycles. The number of likely N-dealkylation sites (tertiary alicyclic amines) is 1. The van der Waals surface area contributed by atoms with Crippen LogP contribution in [-0.4, -0.2) is 40.4 Å². The minimum Gasteiger partial charge on any atom is -0.395 e. The van der Waals surface area contributed by atoms with Gasteiger partial charge in [-0.2, -0.15) is 0 Å². The van der Waals surface area contributed by atoms with Crippen LogP contribution in [0.3, 0.4) is 0 Å². The lowest BCUT2D eigenvalue weighted by Crippen LogP contribution is -2.46. The normalized spacial score (nSPS) is 26.9. The molecule has 3 heteroatoms. The van der Waals surface area contributed by atoms with Crippen molar-refractivity contribution in [3.05, 3.63) is 35.9 Å². The molecule has 0 amide bonds. The third kappa shape index (κ3) is 2.82. The molecule has 1 aromatic rings. The van der Waals surface area contributed by atoms with Crippen molar-refractivity contribution in [2.75, 3.05) is 13.2 Å². The molecule has 0 unspecified atom stereocenters. The first kappa shape index (κ1) is 11.6. The first-order valence-electron chi connectivity index (χ1n) is 5.86. The van der Waals surface area contributed by atoms with Gasteiger partial charge in [0.1, 0.15) is 0 Å². The van der Waals surface area contributed by atoms with Crippen molar-refractivity contribution < 1.29 is 10.2 Å². The summed E-state index contributed by atoms with van der Waals surface area (Å²) < 4.78 is 0. The molecule has 16 heavy (non-hydrogen) atoms. The molecule has 0 saturated carbocycles. The topological polar surface area (TPSA) is 43.7 Å². The summed E-state index contributed by atoms with van der Waals surface area (Å²) in [6, 6.07) is 10.4. The maximum atomic E-state index is 9.65. The second-order valence-corrected chi connectivity index (χ2v) is 4.48. The van der Waals surface area contributed by atoms with Gasteiger partial charge < -0.3 is 10.2 Å². The van der Waals surface area contributed by atoms with Crippen molar-refractivity contribution in [1.29, 1.82) is 0 Å². The van der Waals surface area contributed by atoms with E-state index in [0.717, 1.165) is 19.4 Å². The molecule has 88 valence electrons. The lowest BCUT2D eigenvalue weighted by Gasteiger charge is -2.37. The van der Waals surface area contributed by atoms with Crippen LogP contribution in [0.15, 0.2) is 30.3 Å². The standard InChI is InChI=1S/C13H19NO2/c15-10-12-6-7-13(16)9-14(12)8-11-4-2-1-3-5-11/h1-5,12-13,15-16H,6-10H2/t12-,13-/m1/s1. The fourth-order valence-electron chi connectivity index (χ4n) is 2.30. The Morgan fingerprint density at radius 3 is 2.62 bits per heavy atom. The van der Waals surface area contributed by atoms with E-state index < -0.39 is 0 Å². The van der Waals surface area contributed by atoms with Crippen LogP contribution in [0.1, 0.15) is 18.4 Å². The molecule has 0 bridgehead atoms. The molecule has 1 aliphatic heterocycles. The van der Waals surface area contributed by atoms with E-state index in [9.17, 15) is 10.2 Å². The highest BCUT2D eigenvalue weighted by Crippen LogP contribution is 2.19. The van der Waals surface area contributed by atoms with Crippen LogP contribution in [0.2, 0.25) is 0 Å². The SMILES string of the molecule is OC[C@H]1CC[C@@H](O)CN1Cc1ccccc1. The highest BCUT2D eigenvalue weighted by Gasteiger charge is 2.26. The number of β-amino-alcohol motifs (C(OH)–C–C–N with tert-alkyl or cyclic N) is 1. The van der Waals surface area contributed by atoms with Gasteiger partial charge in [0.2, 0.25) is 0 Å². The zero-order chi connectivity index (χ0) is 11.4. The Hall–Kier alpha value is -0.900. The molecule has 1 heterocycles. The van der Waals surface area contributed by atoms with E-state index in [1.165, 1.54) is 5.56 Å². The predicted octanol–water partition coefficient (Wildman–Crippen LogP) is 1.00. The van der Waals surface area contributed by atoms with Gasteiger partial charge in [-0.15, -0.1) is 0 Å². The Balaban J connectivity index is 2.01. The summed E-state index contributed by atoms with van der Waals surface area (Å²) >= 11 is 0. The summed E-state index contributed by atoms with van der Waals surface area (Å²) in [7, 11) is 0. The van der Waals surface area contributed by atoms with Gasteiger partial charge in [0.05, 0.1) is 12.7 Å². The maximum Gasteiger partial charge on any atom is 0.0668 e. The number of rotatable bonds is 3. The molecule has 2 atom stereocenters. The average Bonchev–Trinajstić information content (AvgIpc) is 2.31. The lowest BCUT2D eigenvalue weighted by molar-refractivity contribution is 0.00940. The highest BCUT2D eigenvalue weighted by atomic mass is 16.3. The summed E-state index contributed by atoms with van der Waals surface area (Å²) in [4.78, 5) is 2.17. The van der Waals surface area contributed by atoms with Crippen molar-refractivity contribution in [1.82, 2.24) is 4.90 Å². The van der Waals surface area contributed by atoms with Crippen molar-refractivity contribution >= 4 is 0 Å². The average molecular weight is 221 g/mol. The largest absolute Gasteiger partial charge is 0.395 e. The molecule has 1 fully saturated rings. The maximum absolute atomic E-state index is 9.65. The van der Waals surface area contributed by atoms with Crippen molar-refractivity contribution in [2.45, 2.75) is 31.5 Å². The van der Waals surface area contributed by atoms with Gasteiger partial charge in [-0.25, -0.2) is 0 Å². The van der Waals surface area contributed by atoms with Crippen LogP contribution in [0.4, 0.5) is 0 Å². The van der Waals surface area contributed by atoms with Crippen LogP contribution in [0, 0.1) is 0 Å². The smallest absolute Gasteiger partial charge is 0.0668 e. The zero-order valence-corrected chi connectivity index (χ0v) is 9.42. The van der Waals surface area contributed by atoms with E-state index in [1.807, 2.05) is 18.2 Å². The van der Waals surface area contributed by atoms with E-state index in [-0.39, 0.29) is 18.8 Å². The molecule has 2 N–H and O–H groups in total. The monoisotopic (exact) mass is 221 g/mol. The van der Waals surface area contributed by atoms with E-state index in [2.05, 4.69) is 17.0 Å². The van der Waals surface area contributed by atoms with E-state index >= 15 is 0 Å². The molecule has 3 nitrogen and oxygen atoms in total. The summed E-state index contributed by atoms with van der Waals surface area (Å²) in [6.07, 6.45) is 1.44. The number of hydrogen-bond acceptors (Lipinski definition) is 3. The van der Waals surface area contributed by atoms with Gasteiger partial charge >= 0.3 is 0 Å². The van der Waals surface area contributed by atoms with Gasteiger partial charge in [0.25, 0.3) is 0 Å². The molecule has 2 rings (SSSR count). The van der Waals surface area contributed by atoms with E-state index in [1.54, 1.807) is 0 Å². The van der Waals surface area contributed by atoms with Crippen LogP contribution in [-0.2, 0) is 6.54 Å². The van der Waals surface area contributed by atoms with Crippen LogP contribution < -0.4 is 0 Å². The first-order chi connectivity index (χ1) is 7.79. The van der Waals surface area contributed by atoms with E-state index in [4.69, 9.17) is 0 Å². The Morgan fingerprint density at radius 2 is 1.94 bits per heavy atom. The number of nitrogens with zero attached hydrogens (tertiary/aromatic N) is 1. The third-order valence-corrected chi connectivity index (χ3v) is 3.23. The van der Waals surface area contributed by atoms with Gasteiger partial charge in [-0.1, -0.05) is 30.3 Å². The zero-order valence-electron chi connectivity index (χ0n) is 9.42. The fraction of sp³-hybridized carbons (Fsp3) is 0.538. The number of aliphatic hydroxyl groups excluding tert-OH is 2. The lowest BCUT2D eigenvalue weighted by atomic mass is 10.00. The van der Waals surface area contributed by atoms with Gasteiger partial charge in [0.15, 0.2) is 0 Å². The Morgan fingerprint density at radius 1 is 1.19 bits per heavy atom. The third-order valence-electron chi connectivity index (χ3n) is 3.23. The van der Waals surface area contributed by atoms with Gasteiger partial charge in [0, 0.05) is 19.1 Å². The quantitative estimate of drug-likeness (QED) is 0.800. The number of aliphatic hydroxyl groups is 2. The number of benzene rings is 1. The van der Waals surface area contributed by atoms with Crippen molar-refractivity contribution in [2.24, 2.45) is 0 Å². The van der Waals surface area contributed by atoms with Gasteiger partial charge in [-0.3, -0.25) is 4.90 Å². The second-order valence-electron chi connectivity index (χ2n) is 4.48. The molecule has 0 spiro atoms. The molecular formula is C13H19NO2. The Labute approximate surface area is 96.3 Å². The van der Waals surface area contributed by atoms with Gasteiger partial charge in [-0.05, 0) is 18.4 Å². The van der Waals surface area contributed by atoms with Crippen molar-refractivity contribution in [3.8, 4) is 0 Å². The Kier molecular flexibility index (Phi) is 3.93. The molecule has 1 aromatic carbocycles. The number of piperidine rings is 1. The minimum atomic E-state index is -0.244. The molecular weight excluding hydrogens is 202 g/mol. The summed E-state index contributed by atoms with van der Waals surface area (Å²) in [6.45, 7) is 1.66. The molecule has 0 aromatic heterocycles. The van der Waals surface area contributed by atoms with Crippen molar-refractivity contribution in [3.63, 3.8) is 0 Å². The Bertz CT molecular complexity index is 315. The summed E-state index contributed by atoms with van der Waals surface area (Å²) in [5.74, 6) is 0. The molecule has 0 radical (unpaired) electrons. The predicted molar refractivity (Wildman–Crippen MR) is 63.0 cm³/mol. The fourth-order valence-corrected chi connectivity index (χ4v) is 2.30. The highest BCUT2D eigenvalue weighted by molar-refractivity contribution is 5.14. The molecule has 1 aliphatic rings. The van der Waals surface area contributed by atoms with Crippen LogP contribution >= 0.6 is 0 Å². The number of hydrogen-bond donors (Lipinski definition) is 2. The van der Waals surface area contributed by atoms with E-state index in [0.29, 0.717) is 6.54 Å². The minimum absolute atomic E-state index is 0.180. The van der Waals surface area contributed by atoms with Crippen LogP contribution in [0.25, 0.3) is 0 Å². The molecule has 0 aliphatic carbocycles. The summed E-state index contributed by atoms with van der Waals surface area (Å²) in [5, 5.41) is 19.0. The van der Waals surface area contributed by atoms with Crippen LogP contribution in [0.5, 0.6) is 0 Å². The second kappa shape index (κ2) is 5.43. The first-order valence-corrected chi connectivity index (χ1v) is 5.86. The summed E-state index contributed by atoms with van der Waals surface area (Å²) in [5.41, 5.74) is 1.23.